The molecule has 0 heterocycles. The van der Waals surface area contributed by atoms with Gasteiger partial charge in [0.25, 0.3) is 0 Å². The van der Waals surface area contributed by atoms with Gasteiger partial charge >= 0.3 is 0 Å². The van der Waals surface area contributed by atoms with Crippen molar-refractivity contribution in [2.45, 2.75) is 6.92 Å². The van der Waals surface area contributed by atoms with Crippen molar-refractivity contribution in [3.63, 3.8) is 0 Å². The fourth-order valence-electron chi connectivity index (χ4n) is 1.03. The van der Waals surface area contributed by atoms with E-state index in [1.54, 1.807) is 25.2 Å². The van der Waals surface area contributed by atoms with Crippen molar-refractivity contribution in [2.24, 2.45) is 5.84 Å². The van der Waals surface area contributed by atoms with Gasteiger partial charge in [-0.2, -0.15) is 0 Å². The van der Waals surface area contributed by atoms with Crippen LogP contribution in [0.4, 0.5) is 5.69 Å². The first-order valence-corrected chi connectivity index (χ1v) is 4.82. The molecule has 0 aromatic heterocycles. The molecular weight excluding hydrogens is 210 g/mol. The van der Waals surface area contributed by atoms with E-state index in [9.17, 15) is 4.79 Å². The molecule has 1 aromatic rings. The van der Waals surface area contributed by atoms with Crippen molar-refractivity contribution in [2.75, 3.05) is 12.4 Å². The number of carbonyl (C=O) groups is 1. The molecule has 1 rings (SSSR count). The third-order valence-electron chi connectivity index (χ3n) is 1.84. The Hall–Kier alpha value is -1.46. The number of rotatable bonds is 2. The molecule has 0 saturated carbocycles. The molecule has 0 radical (unpaired) electrons. The summed E-state index contributed by atoms with van der Waals surface area (Å²) in [5.41, 5.74) is 1.40. The molecule has 0 atom stereocenters. The van der Waals surface area contributed by atoms with Crippen molar-refractivity contribution in [3.8, 4) is 0 Å². The first kappa shape index (κ1) is 11.6. The summed E-state index contributed by atoms with van der Waals surface area (Å²) in [7, 11) is 1.64. The lowest BCUT2D eigenvalue weighted by atomic mass is 10.1. The summed E-state index contributed by atoms with van der Waals surface area (Å²) < 4.78 is 0. The van der Waals surface area contributed by atoms with Crippen LogP contribution in [-0.4, -0.2) is 23.0 Å². The molecule has 0 amide bonds. The normalized spacial score (nSPS) is 9.53. The van der Waals surface area contributed by atoms with Gasteiger partial charge in [-0.3, -0.25) is 9.80 Å². The lowest BCUT2D eigenvalue weighted by Gasteiger charge is -2.15. The number of hydrogen-bond donors (Lipinski definition) is 2. The lowest BCUT2D eigenvalue weighted by molar-refractivity contribution is 0.101. The Balaban J connectivity index is 2.83. The van der Waals surface area contributed by atoms with Crippen LogP contribution < -0.4 is 11.2 Å². The highest BCUT2D eigenvalue weighted by atomic mass is 32.1. The number of thiocarbonyl (C=S) groups is 1. The average Bonchev–Trinajstić information content (AvgIpc) is 2.18. The number of nitrogens with one attached hydrogen (secondary N) is 1. The minimum absolute atomic E-state index is 0.0191. The standard InChI is InChI=1S/C10H13N3OS/c1-7(14)8-4-3-5-9(6-8)12-10(15)13(2)11/h3-6H,11H2,1-2H3,(H,12,15). The molecule has 4 nitrogen and oxygen atoms in total. The van der Waals surface area contributed by atoms with E-state index >= 15 is 0 Å². The molecule has 0 aliphatic rings. The van der Waals surface area contributed by atoms with E-state index in [2.05, 4.69) is 5.32 Å². The molecule has 0 bridgehead atoms. The van der Waals surface area contributed by atoms with E-state index in [1.807, 2.05) is 6.07 Å². The second-order valence-electron chi connectivity index (χ2n) is 3.18. The molecule has 0 fully saturated rings. The zero-order valence-electron chi connectivity index (χ0n) is 8.65. The van der Waals surface area contributed by atoms with Gasteiger partial charge in [-0.1, -0.05) is 12.1 Å². The van der Waals surface area contributed by atoms with Crippen molar-refractivity contribution in [1.82, 2.24) is 5.01 Å². The predicted octanol–water partition coefficient (Wildman–Crippen LogP) is 1.39. The maximum Gasteiger partial charge on any atom is 0.187 e. The lowest BCUT2D eigenvalue weighted by Crippen LogP contribution is -2.36. The number of nitrogens with two attached hydrogens (primary N) is 1. The smallest absolute Gasteiger partial charge is 0.187 e. The molecule has 15 heavy (non-hydrogen) atoms. The number of carbonyl (C=O) groups excluding carboxylic acids is 1. The Morgan fingerprint density at radius 1 is 1.53 bits per heavy atom. The molecule has 0 saturated heterocycles. The van der Waals surface area contributed by atoms with Crippen molar-refractivity contribution >= 4 is 28.8 Å². The topological polar surface area (TPSA) is 58.4 Å². The Morgan fingerprint density at radius 2 is 2.20 bits per heavy atom. The number of benzene rings is 1. The van der Waals surface area contributed by atoms with Crippen molar-refractivity contribution in [3.05, 3.63) is 29.8 Å². The SMILES string of the molecule is CC(=O)c1cccc(NC(=S)N(C)N)c1. The molecule has 0 spiro atoms. The molecule has 1 aromatic carbocycles. The Morgan fingerprint density at radius 3 is 2.73 bits per heavy atom. The summed E-state index contributed by atoms with van der Waals surface area (Å²) in [5.74, 6) is 5.46. The first-order valence-electron chi connectivity index (χ1n) is 4.41. The summed E-state index contributed by atoms with van der Waals surface area (Å²) in [5, 5.41) is 4.62. The van der Waals surface area contributed by atoms with Crippen LogP contribution in [0.5, 0.6) is 0 Å². The van der Waals surface area contributed by atoms with Gasteiger partial charge in [0.05, 0.1) is 0 Å². The van der Waals surface area contributed by atoms with Crippen LogP contribution in [0.15, 0.2) is 24.3 Å². The fourth-order valence-corrected chi connectivity index (χ4v) is 1.15. The summed E-state index contributed by atoms with van der Waals surface area (Å²) in [4.78, 5) is 11.1. The number of hydrogen-bond acceptors (Lipinski definition) is 3. The Labute approximate surface area is 94.0 Å². The van der Waals surface area contributed by atoms with Crippen molar-refractivity contribution in [1.29, 1.82) is 0 Å². The fraction of sp³-hybridized carbons (Fsp3) is 0.200. The van der Waals surface area contributed by atoms with E-state index in [4.69, 9.17) is 18.1 Å². The van der Waals surface area contributed by atoms with Gasteiger partial charge in [-0.15, -0.1) is 0 Å². The van der Waals surface area contributed by atoms with Crippen LogP contribution in [0.1, 0.15) is 17.3 Å². The second-order valence-corrected chi connectivity index (χ2v) is 3.56. The van der Waals surface area contributed by atoms with E-state index < -0.39 is 0 Å². The van der Waals surface area contributed by atoms with Crippen LogP contribution >= 0.6 is 12.2 Å². The summed E-state index contributed by atoms with van der Waals surface area (Å²) >= 11 is 4.97. The molecule has 0 aliphatic carbocycles. The molecule has 0 aliphatic heterocycles. The third-order valence-corrected chi connectivity index (χ3v) is 2.23. The highest BCUT2D eigenvalue weighted by molar-refractivity contribution is 7.80. The first-order chi connectivity index (χ1) is 7.00. The van der Waals surface area contributed by atoms with Gasteiger partial charge in [-0.05, 0) is 31.3 Å². The Kier molecular flexibility index (Phi) is 3.76. The van der Waals surface area contributed by atoms with Gasteiger partial charge in [0.2, 0.25) is 0 Å². The predicted molar refractivity (Wildman–Crippen MR) is 64.6 cm³/mol. The van der Waals surface area contributed by atoms with Crippen LogP contribution in [0.25, 0.3) is 0 Å². The maximum atomic E-state index is 11.1. The zero-order valence-corrected chi connectivity index (χ0v) is 9.47. The highest BCUT2D eigenvalue weighted by Crippen LogP contribution is 2.11. The van der Waals surface area contributed by atoms with Gasteiger partial charge in [0.1, 0.15) is 0 Å². The average molecular weight is 223 g/mol. The number of nitrogens with zero attached hydrogens (tertiary/aromatic N) is 1. The molecule has 5 heteroatoms. The van der Waals surface area contributed by atoms with Crippen LogP contribution in [0.3, 0.4) is 0 Å². The summed E-state index contributed by atoms with van der Waals surface area (Å²) in [6.07, 6.45) is 0. The van der Waals surface area contributed by atoms with E-state index in [0.29, 0.717) is 10.7 Å². The molecular formula is C10H13N3OS. The Bertz CT molecular complexity index is 390. The largest absolute Gasteiger partial charge is 0.332 e. The van der Waals surface area contributed by atoms with E-state index in [-0.39, 0.29) is 5.78 Å². The monoisotopic (exact) mass is 223 g/mol. The van der Waals surface area contributed by atoms with Crippen LogP contribution in [-0.2, 0) is 0 Å². The molecule has 80 valence electrons. The summed E-state index contributed by atoms with van der Waals surface area (Å²) in [6, 6.07) is 7.10. The minimum Gasteiger partial charge on any atom is -0.332 e. The number of anilines is 1. The van der Waals surface area contributed by atoms with Crippen LogP contribution in [0, 0.1) is 0 Å². The van der Waals surface area contributed by atoms with E-state index in [0.717, 1.165) is 5.69 Å². The number of Topliss-reactive ketones (excluding diaryl/α,β-unsaturated/α-hetero) is 1. The van der Waals surface area contributed by atoms with Gasteiger partial charge in [0, 0.05) is 18.3 Å². The number of ketones is 1. The quantitative estimate of drug-likeness (QED) is 0.343. The second kappa shape index (κ2) is 4.86. The zero-order chi connectivity index (χ0) is 11.4. The molecule has 0 unspecified atom stereocenters. The van der Waals surface area contributed by atoms with Gasteiger partial charge < -0.3 is 5.32 Å². The van der Waals surface area contributed by atoms with Gasteiger partial charge in [-0.25, -0.2) is 5.84 Å². The number of hydrazine groups is 1. The van der Waals surface area contributed by atoms with Crippen molar-refractivity contribution < 1.29 is 4.79 Å². The third kappa shape index (κ3) is 3.30. The maximum absolute atomic E-state index is 11.1. The highest BCUT2D eigenvalue weighted by Gasteiger charge is 2.03. The minimum atomic E-state index is 0.0191. The van der Waals surface area contributed by atoms with Crippen LogP contribution in [0.2, 0.25) is 0 Å². The molecule has 3 N–H and O–H groups in total. The summed E-state index contributed by atoms with van der Waals surface area (Å²) in [6.45, 7) is 1.52. The van der Waals surface area contributed by atoms with E-state index in [1.165, 1.54) is 11.9 Å². The van der Waals surface area contributed by atoms with Gasteiger partial charge in [0.15, 0.2) is 10.9 Å².